The number of fused-ring (bicyclic) bond motifs is 1. The van der Waals surface area contributed by atoms with Gasteiger partial charge in [0.1, 0.15) is 0 Å². The number of carbonyl (C=O) groups excluding carboxylic acids is 1. The topological polar surface area (TPSA) is 88.5 Å². The van der Waals surface area contributed by atoms with Crippen LogP contribution in [0.25, 0.3) is 11.0 Å². The molecule has 2 heterocycles. The average Bonchev–Trinajstić information content (AvgIpc) is 3.28. The van der Waals surface area contributed by atoms with Crippen molar-refractivity contribution in [3.05, 3.63) is 41.2 Å². The van der Waals surface area contributed by atoms with Crippen molar-refractivity contribution in [1.82, 2.24) is 19.3 Å². The SMILES string of the molecule is CCn1c(NC(=O)c2cnn(C)c2C2CC2)nc2cc(C#N)ccc21. The highest BCUT2D eigenvalue weighted by molar-refractivity contribution is 6.05. The van der Waals surface area contributed by atoms with Crippen LogP contribution in [0.15, 0.2) is 24.4 Å². The van der Waals surface area contributed by atoms with Crippen molar-refractivity contribution in [3.63, 3.8) is 0 Å². The van der Waals surface area contributed by atoms with Gasteiger partial charge in [-0.3, -0.25) is 14.8 Å². The van der Waals surface area contributed by atoms with Gasteiger partial charge in [-0.1, -0.05) is 0 Å². The summed E-state index contributed by atoms with van der Waals surface area (Å²) in [4.78, 5) is 17.3. The lowest BCUT2D eigenvalue weighted by molar-refractivity contribution is 0.102. The highest BCUT2D eigenvalue weighted by atomic mass is 16.1. The first-order chi connectivity index (χ1) is 12.1. The smallest absolute Gasteiger partial charge is 0.261 e. The molecular formula is C18H18N6O. The zero-order valence-corrected chi connectivity index (χ0v) is 14.2. The zero-order chi connectivity index (χ0) is 17.6. The molecule has 0 radical (unpaired) electrons. The summed E-state index contributed by atoms with van der Waals surface area (Å²) in [5.74, 6) is 0.722. The highest BCUT2D eigenvalue weighted by Gasteiger charge is 2.31. The van der Waals surface area contributed by atoms with Crippen LogP contribution in [0, 0.1) is 11.3 Å². The van der Waals surface area contributed by atoms with Crippen LogP contribution in [0.1, 0.15) is 47.3 Å². The normalized spacial score (nSPS) is 13.8. The van der Waals surface area contributed by atoms with Gasteiger partial charge in [0.25, 0.3) is 5.91 Å². The molecule has 1 aliphatic rings. The van der Waals surface area contributed by atoms with E-state index >= 15 is 0 Å². The van der Waals surface area contributed by atoms with E-state index in [1.54, 1.807) is 23.0 Å². The Labute approximate surface area is 144 Å². The van der Waals surface area contributed by atoms with E-state index < -0.39 is 0 Å². The van der Waals surface area contributed by atoms with Crippen LogP contribution in [0.4, 0.5) is 5.95 Å². The highest BCUT2D eigenvalue weighted by Crippen LogP contribution is 2.41. The van der Waals surface area contributed by atoms with Crippen LogP contribution in [0.5, 0.6) is 0 Å². The lowest BCUT2D eigenvalue weighted by atomic mass is 10.1. The van der Waals surface area contributed by atoms with E-state index in [9.17, 15) is 4.79 Å². The number of imidazole rings is 1. The Hall–Kier alpha value is -3.14. The Morgan fingerprint density at radius 3 is 2.92 bits per heavy atom. The summed E-state index contributed by atoms with van der Waals surface area (Å²) in [6, 6.07) is 7.47. The van der Waals surface area contributed by atoms with Crippen molar-refractivity contribution in [2.75, 3.05) is 5.32 Å². The molecule has 2 aromatic heterocycles. The average molecular weight is 334 g/mol. The Kier molecular flexibility index (Phi) is 3.53. The van der Waals surface area contributed by atoms with Crippen molar-refractivity contribution in [3.8, 4) is 6.07 Å². The van der Waals surface area contributed by atoms with Gasteiger partial charge in [-0.05, 0) is 38.0 Å². The molecule has 1 fully saturated rings. The molecule has 1 aromatic carbocycles. The number of amides is 1. The maximum atomic E-state index is 12.8. The first-order valence-corrected chi connectivity index (χ1v) is 8.36. The van der Waals surface area contributed by atoms with Crippen LogP contribution in [0.2, 0.25) is 0 Å². The quantitative estimate of drug-likeness (QED) is 0.794. The molecule has 0 saturated heterocycles. The van der Waals surface area contributed by atoms with Gasteiger partial charge in [-0.2, -0.15) is 10.4 Å². The molecule has 0 spiro atoms. The minimum Gasteiger partial charge on any atom is -0.310 e. The summed E-state index contributed by atoms with van der Waals surface area (Å²) >= 11 is 0. The molecule has 126 valence electrons. The van der Waals surface area contributed by atoms with E-state index in [0.29, 0.717) is 35.1 Å². The number of nitrogens with zero attached hydrogens (tertiary/aromatic N) is 5. The van der Waals surface area contributed by atoms with E-state index in [1.807, 2.05) is 24.6 Å². The third-order valence-corrected chi connectivity index (χ3v) is 4.61. The second-order valence-electron chi connectivity index (χ2n) is 6.29. The monoisotopic (exact) mass is 334 g/mol. The number of hydrogen-bond acceptors (Lipinski definition) is 4. The van der Waals surface area contributed by atoms with Gasteiger partial charge < -0.3 is 4.57 Å². The van der Waals surface area contributed by atoms with Gasteiger partial charge in [-0.25, -0.2) is 4.98 Å². The predicted octanol–water partition coefficient (Wildman–Crippen LogP) is 2.79. The zero-order valence-electron chi connectivity index (χ0n) is 14.2. The molecule has 0 bridgehead atoms. The number of hydrogen-bond donors (Lipinski definition) is 1. The molecule has 3 aromatic rings. The van der Waals surface area contributed by atoms with Gasteiger partial charge in [0, 0.05) is 19.5 Å². The first-order valence-electron chi connectivity index (χ1n) is 8.36. The second-order valence-corrected chi connectivity index (χ2v) is 6.29. The van der Waals surface area contributed by atoms with Gasteiger partial charge in [0.05, 0.1) is 40.1 Å². The molecule has 0 atom stereocenters. The maximum absolute atomic E-state index is 12.8. The predicted molar refractivity (Wildman–Crippen MR) is 93.3 cm³/mol. The van der Waals surface area contributed by atoms with Crippen LogP contribution < -0.4 is 5.32 Å². The molecule has 7 heteroatoms. The number of rotatable bonds is 4. The molecule has 1 amide bonds. The fourth-order valence-electron chi connectivity index (χ4n) is 3.25. The Bertz CT molecular complexity index is 1020. The standard InChI is InChI=1S/C18H18N6O/c1-3-24-15-7-4-11(9-19)8-14(15)21-18(24)22-17(25)13-10-20-23(2)16(13)12-5-6-12/h4,7-8,10,12H,3,5-6H2,1-2H3,(H,21,22,25). The van der Waals surface area contributed by atoms with Crippen LogP contribution in [-0.2, 0) is 13.6 Å². The lowest BCUT2D eigenvalue weighted by Crippen LogP contribution is -2.17. The van der Waals surface area contributed by atoms with Crippen LogP contribution >= 0.6 is 0 Å². The maximum Gasteiger partial charge on any atom is 0.261 e. The van der Waals surface area contributed by atoms with E-state index in [0.717, 1.165) is 24.1 Å². The Morgan fingerprint density at radius 2 is 2.24 bits per heavy atom. The number of nitriles is 1. The third-order valence-electron chi connectivity index (χ3n) is 4.61. The molecule has 0 unspecified atom stereocenters. The molecule has 25 heavy (non-hydrogen) atoms. The molecule has 0 aliphatic heterocycles. The van der Waals surface area contributed by atoms with Crippen LogP contribution in [-0.4, -0.2) is 25.2 Å². The number of nitrogens with one attached hydrogen (secondary N) is 1. The summed E-state index contributed by atoms with van der Waals surface area (Å²) in [5.41, 5.74) is 3.74. The third kappa shape index (κ3) is 2.56. The largest absolute Gasteiger partial charge is 0.310 e. The number of benzene rings is 1. The number of aromatic nitrogens is 4. The molecule has 1 N–H and O–H groups in total. The Balaban J connectivity index is 1.71. The number of aryl methyl sites for hydroxylation is 2. The first kappa shape index (κ1) is 15.4. The van der Waals surface area contributed by atoms with E-state index in [-0.39, 0.29) is 5.91 Å². The van der Waals surface area contributed by atoms with Gasteiger partial charge in [0.2, 0.25) is 5.95 Å². The fourth-order valence-corrected chi connectivity index (χ4v) is 3.25. The minimum absolute atomic E-state index is 0.194. The van der Waals surface area contributed by atoms with E-state index in [1.165, 1.54) is 0 Å². The van der Waals surface area contributed by atoms with Gasteiger partial charge in [0.15, 0.2) is 0 Å². The van der Waals surface area contributed by atoms with Crippen LogP contribution in [0.3, 0.4) is 0 Å². The molecular weight excluding hydrogens is 316 g/mol. The van der Waals surface area contributed by atoms with Crippen molar-refractivity contribution in [1.29, 1.82) is 5.26 Å². The summed E-state index contributed by atoms with van der Waals surface area (Å²) in [7, 11) is 1.87. The van der Waals surface area contributed by atoms with Crippen molar-refractivity contribution >= 4 is 22.9 Å². The van der Waals surface area contributed by atoms with E-state index in [4.69, 9.17) is 5.26 Å². The molecule has 4 rings (SSSR count). The lowest BCUT2D eigenvalue weighted by Gasteiger charge is -2.08. The number of anilines is 1. The van der Waals surface area contributed by atoms with Crippen molar-refractivity contribution in [2.45, 2.75) is 32.2 Å². The molecule has 1 aliphatic carbocycles. The minimum atomic E-state index is -0.194. The summed E-state index contributed by atoms with van der Waals surface area (Å²) < 4.78 is 3.72. The van der Waals surface area contributed by atoms with Crippen molar-refractivity contribution in [2.24, 2.45) is 7.05 Å². The number of carbonyl (C=O) groups is 1. The fraction of sp³-hybridized carbons (Fsp3) is 0.333. The Morgan fingerprint density at radius 1 is 1.44 bits per heavy atom. The summed E-state index contributed by atoms with van der Waals surface area (Å²) in [6.07, 6.45) is 3.82. The van der Waals surface area contributed by atoms with Gasteiger partial charge >= 0.3 is 0 Å². The summed E-state index contributed by atoms with van der Waals surface area (Å²) in [5, 5.41) is 16.2. The second kappa shape index (κ2) is 5.74. The summed E-state index contributed by atoms with van der Waals surface area (Å²) in [6.45, 7) is 2.66. The van der Waals surface area contributed by atoms with Crippen molar-refractivity contribution < 1.29 is 4.79 Å². The molecule has 7 nitrogen and oxygen atoms in total. The molecule has 1 saturated carbocycles. The van der Waals surface area contributed by atoms with Gasteiger partial charge in [-0.15, -0.1) is 0 Å². The van der Waals surface area contributed by atoms with E-state index in [2.05, 4.69) is 21.5 Å².